The smallest absolute Gasteiger partial charge is 0.243 e. The maximum Gasteiger partial charge on any atom is 0.243 e. The van der Waals surface area contributed by atoms with Gasteiger partial charge in [-0.05, 0) is 53.8 Å². The van der Waals surface area contributed by atoms with Crippen LogP contribution in [-0.2, 0) is 29.0 Å². The Balaban J connectivity index is 1.64. The van der Waals surface area contributed by atoms with Gasteiger partial charge in [0, 0.05) is 24.0 Å². The van der Waals surface area contributed by atoms with Crippen molar-refractivity contribution in [3.05, 3.63) is 106 Å². The first-order chi connectivity index (χ1) is 17.5. The zero-order chi connectivity index (χ0) is 25.3. The third-order valence-electron chi connectivity index (χ3n) is 6.76. The van der Waals surface area contributed by atoms with E-state index in [2.05, 4.69) is 5.32 Å². The van der Waals surface area contributed by atoms with Gasteiger partial charge in [-0.3, -0.25) is 9.59 Å². The molecule has 188 valence electrons. The lowest BCUT2D eigenvalue weighted by molar-refractivity contribution is -0.141. The first-order valence-electron chi connectivity index (χ1n) is 12.6. The summed E-state index contributed by atoms with van der Waals surface area (Å²) in [5.41, 5.74) is 2.57. The van der Waals surface area contributed by atoms with Gasteiger partial charge in [0.2, 0.25) is 11.8 Å². The molecule has 4 rings (SSSR count). The molecule has 3 aromatic rings. The molecule has 0 aromatic heterocycles. The molecule has 1 unspecified atom stereocenters. The monoisotopic (exact) mass is 506 g/mol. The van der Waals surface area contributed by atoms with E-state index in [4.69, 9.17) is 11.6 Å². The van der Waals surface area contributed by atoms with Gasteiger partial charge >= 0.3 is 0 Å². The Morgan fingerprint density at radius 3 is 2.17 bits per heavy atom. The van der Waals surface area contributed by atoms with E-state index in [1.807, 2.05) is 42.5 Å². The molecule has 0 saturated heterocycles. The summed E-state index contributed by atoms with van der Waals surface area (Å²) in [6.45, 7) is 0.271. The first-order valence-corrected chi connectivity index (χ1v) is 13.0. The van der Waals surface area contributed by atoms with Gasteiger partial charge in [-0.1, -0.05) is 85.5 Å². The number of carbonyl (C=O) groups excluding carboxylic acids is 2. The largest absolute Gasteiger partial charge is 0.352 e. The zero-order valence-corrected chi connectivity index (χ0v) is 21.1. The predicted octanol–water partition coefficient (Wildman–Crippen LogP) is 6.11. The third kappa shape index (κ3) is 7.41. The molecule has 3 aromatic carbocycles. The second kappa shape index (κ2) is 12.7. The van der Waals surface area contributed by atoms with E-state index in [0.29, 0.717) is 17.0 Å². The molecule has 1 saturated carbocycles. The van der Waals surface area contributed by atoms with Crippen molar-refractivity contribution in [3.8, 4) is 0 Å². The van der Waals surface area contributed by atoms with Crippen LogP contribution >= 0.6 is 11.6 Å². The van der Waals surface area contributed by atoms with Crippen molar-refractivity contribution >= 4 is 23.4 Å². The molecule has 1 atom stereocenters. The van der Waals surface area contributed by atoms with Crippen molar-refractivity contribution in [1.82, 2.24) is 10.2 Å². The van der Waals surface area contributed by atoms with E-state index in [9.17, 15) is 14.0 Å². The number of hydrogen-bond donors (Lipinski definition) is 1. The number of hydrogen-bond acceptors (Lipinski definition) is 2. The highest BCUT2D eigenvalue weighted by Crippen LogP contribution is 2.21. The fourth-order valence-electron chi connectivity index (χ4n) is 4.76. The maximum absolute atomic E-state index is 13.7. The lowest BCUT2D eigenvalue weighted by Gasteiger charge is -2.33. The molecule has 0 radical (unpaired) electrons. The molecule has 1 aliphatic rings. The van der Waals surface area contributed by atoms with Crippen molar-refractivity contribution in [2.45, 2.75) is 63.6 Å². The number of nitrogens with zero attached hydrogens (tertiary/aromatic N) is 1. The molecular weight excluding hydrogens is 475 g/mol. The van der Waals surface area contributed by atoms with E-state index < -0.39 is 6.04 Å². The van der Waals surface area contributed by atoms with Gasteiger partial charge in [-0.2, -0.15) is 0 Å². The number of carbonyl (C=O) groups is 2. The molecule has 36 heavy (non-hydrogen) atoms. The fourth-order valence-corrected chi connectivity index (χ4v) is 4.89. The molecule has 0 heterocycles. The second-order valence-corrected chi connectivity index (χ2v) is 9.94. The van der Waals surface area contributed by atoms with Crippen molar-refractivity contribution in [1.29, 1.82) is 0 Å². The molecular formula is C30H32ClFN2O2. The number of halogens is 2. The highest BCUT2D eigenvalue weighted by Gasteiger charge is 2.32. The van der Waals surface area contributed by atoms with E-state index >= 15 is 0 Å². The van der Waals surface area contributed by atoms with Gasteiger partial charge in [-0.25, -0.2) is 4.39 Å². The maximum atomic E-state index is 13.7. The van der Waals surface area contributed by atoms with Crippen LogP contribution in [-0.4, -0.2) is 28.8 Å². The van der Waals surface area contributed by atoms with Crippen LogP contribution in [0, 0.1) is 5.82 Å². The van der Waals surface area contributed by atoms with Crippen LogP contribution in [0.4, 0.5) is 4.39 Å². The predicted molar refractivity (Wildman–Crippen MR) is 141 cm³/mol. The van der Waals surface area contributed by atoms with Gasteiger partial charge in [0.1, 0.15) is 11.9 Å². The number of amides is 2. The van der Waals surface area contributed by atoms with Crippen molar-refractivity contribution in [2.75, 3.05) is 0 Å². The lowest BCUT2D eigenvalue weighted by Crippen LogP contribution is -2.53. The zero-order valence-electron chi connectivity index (χ0n) is 20.3. The molecule has 1 N–H and O–H groups in total. The molecule has 1 fully saturated rings. The highest BCUT2D eigenvalue weighted by atomic mass is 35.5. The molecule has 1 aliphatic carbocycles. The fraction of sp³-hybridized carbons (Fsp3) is 0.333. The molecule has 6 heteroatoms. The average molecular weight is 507 g/mol. The van der Waals surface area contributed by atoms with Gasteiger partial charge in [-0.15, -0.1) is 0 Å². The minimum absolute atomic E-state index is 0.0792. The normalized spacial score (nSPS) is 14.7. The Bertz CT molecular complexity index is 1130. The summed E-state index contributed by atoms with van der Waals surface area (Å²) in [6.07, 6.45) is 5.81. The summed E-state index contributed by atoms with van der Waals surface area (Å²) in [6, 6.07) is 22.5. The topological polar surface area (TPSA) is 49.4 Å². The van der Waals surface area contributed by atoms with Crippen molar-refractivity contribution in [3.63, 3.8) is 0 Å². The molecule has 0 bridgehead atoms. The molecule has 0 aliphatic heterocycles. The SMILES string of the molecule is O=C(NC1CCCCC1)C(Cc1ccccc1)N(Cc1ccc(Cl)cc1)C(=O)Cc1ccc(F)cc1. The summed E-state index contributed by atoms with van der Waals surface area (Å²) in [7, 11) is 0. The van der Waals surface area contributed by atoms with E-state index in [1.54, 1.807) is 29.2 Å². The van der Waals surface area contributed by atoms with Crippen LogP contribution in [0.5, 0.6) is 0 Å². The minimum atomic E-state index is -0.682. The summed E-state index contributed by atoms with van der Waals surface area (Å²) in [4.78, 5) is 29.1. The van der Waals surface area contributed by atoms with E-state index in [0.717, 1.165) is 36.8 Å². The summed E-state index contributed by atoms with van der Waals surface area (Å²) >= 11 is 6.08. The number of rotatable bonds is 9. The van der Waals surface area contributed by atoms with Crippen LogP contribution in [0.2, 0.25) is 5.02 Å². The standard InChI is InChI=1S/C30H32ClFN2O2/c31-25-15-11-24(12-16-25)21-34(29(35)20-23-13-17-26(32)18-14-23)28(19-22-7-3-1-4-8-22)30(36)33-27-9-5-2-6-10-27/h1,3-4,7-8,11-18,27-28H,2,5-6,9-10,19-21H2,(H,33,36). The van der Waals surface area contributed by atoms with Crippen molar-refractivity contribution in [2.24, 2.45) is 0 Å². The van der Waals surface area contributed by atoms with Crippen LogP contribution < -0.4 is 5.32 Å². The third-order valence-corrected chi connectivity index (χ3v) is 7.01. The Hall–Kier alpha value is -3.18. The lowest BCUT2D eigenvalue weighted by atomic mass is 9.94. The first kappa shape index (κ1) is 25.9. The minimum Gasteiger partial charge on any atom is -0.352 e. The van der Waals surface area contributed by atoms with Crippen LogP contribution in [0.25, 0.3) is 0 Å². The average Bonchev–Trinajstić information content (AvgIpc) is 2.89. The van der Waals surface area contributed by atoms with Gasteiger partial charge in [0.05, 0.1) is 6.42 Å². The van der Waals surface area contributed by atoms with Crippen LogP contribution in [0.15, 0.2) is 78.9 Å². The van der Waals surface area contributed by atoms with E-state index in [-0.39, 0.29) is 36.6 Å². The quantitative estimate of drug-likeness (QED) is 0.380. The molecule has 4 nitrogen and oxygen atoms in total. The van der Waals surface area contributed by atoms with Gasteiger partial charge in [0.25, 0.3) is 0 Å². The van der Waals surface area contributed by atoms with Gasteiger partial charge < -0.3 is 10.2 Å². The summed E-state index contributed by atoms with van der Waals surface area (Å²) in [5.74, 6) is -0.665. The Morgan fingerprint density at radius 2 is 1.50 bits per heavy atom. The Labute approximate surface area is 217 Å². The molecule has 2 amide bonds. The summed E-state index contributed by atoms with van der Waals surface area (Å²) in [5, 5.41) is 3.85. The van der Waals surface area contributed by atoms with Crippen molar-refractivity contribution < 1.29 is 14.0 Å². The number of benzene rings is 3. The summed E-state index contributed by atoms with van der Waals surface area (Å²) < 4.78 is 13.4. The second-order valence-electron chi connectivity index (χ2n) is 9.50. The Kier molecular flexibility index (Phi) is 9.12. The molecule has 0 spiro atoms. The number of nitrogens with one attached hydrogen (secondary N) is 1. The van der Waals surface area contributed by atoms with Gasteiger partial charge in [0.15, 0.2) is 0 Å². The van der Waals surface area contributed by atoms with Crippen LogP contribution in [0.3, 0.4) is 0 Å². The van der Waals surface area contributed by atoms with E-state index in [1.165, 1.54) is 18.6 Å². The highest BCUT2D eigenvalue weighted by molar-refractivity contribution is 6.30. The Morgan fingerprint density at radius 1 is 0.861 bits per heavy atom. The van der Waals surface area contributed by atoms with Crippen LogP contribution in [0.1, 0.15) is 48.8 Å².